The predicted octanol–water partition coefficient (Wildman–Crippen LogP) is 2.89. The van der Waals surface area contributed by atoms with E-state index in [9.17, 15) is 9.18 Å². The normalized spacial score (nSPS) is 23.6. The molecule has 0 atom stereocenters. The molecule has 2 saturated heterocycles. The van der Waals surface area contributed by atoms with Crippen LogP contribution in [0.15, 0.2) is 31.0 Å². The van der Waals surface area contributed by atoms with Crippen LogP contribution in [0.4, 0.5) is 10.1 Å². The first-order valence-electron chi connectivity index (χ1n) is 11.2. The predicted molar refractivity (Wildman–Crippen MR) is 120 cm³/mol. The number of imidazole rings is 1. The van der Waals surface area contributed by atoms with E-state index in [1.54, 1.807) is 27.5 Å². The summed E-state index contributed by atoms with van der Waals surface area (Å²) in [5.41, 5.74) is 2.04. The molecule has 6 heterocycles. The molecule has 11 heteroatoms. The van der Waals surface area contributed by atoms with Crippen LogP contribution in [0, 0.1) is 6.92 Å². The summed E-state index contributed by atoms with van der Waals surface area (Å²) >= 11 is 0. The molecule has 0 radical (unpaired) electrons. The lowest BCUT2D eigenvalue weighted by Crippen LogP contribution is -2.48. The minimum absolute atomic E-state index is 0.185. The lowest BCUT2D eigenvalue weighted by molar-refractivity contribution is -0.0235. The molecule has 7 rings (SSSR count). The van der Waals surface area contributed by atoms with E-state index >= 15 is 0 Å². The molecule has 10 nitrogen and oxygen atoms in total. The van der Waals surface area contributed by atoms with Crippen molar-refractivity contribution in [2.24, 2.45) is 0 Å². The first kappa shape index (κ1) is 21.0. The summed E-state index contributed by atoms with van der Waals surface area (Å²) in [6, 6.07) is 0. The van der Waals surface area contributed by atoms with Crippen molar-refractivity contribution >= 4 is 23.0 Å². The summed E-state index contributed by atoms with van der Waals surface area (Å²) in [5, 5.41) is 7.13. The van der Waals surface area contributed by atoms with Gasteiger partial charge in [0, 0.05) is 30.2 Å². The number of aryl methyl sites for hydroxylation is 1. The number of ether oxygens (including phenoxy) is 2. The number of rotatable bonds is 6. The topological polar surface area (TPSA) is 108 Å². The quantitative estimate of drug-likeness (QED) is 0.466. The maximum Gasteiger partial charge on any atom is 0.262 e. The number of hydrogen-bond acceptors (Lipinski definition) is 7. The van der Waals surface area contributed by atoms with Gasteiger partial charge in [0.25, 0.3) is 5.91 Å². The summed E-state index contributed by atoms with van der Waals surface area (Å²) in [6.07, 6.45) is 9.60. The van der Waals surface area contributed by atoms with Crippen molar-refractivity contribution in [2.45, 2.75) is 50.7 Å². The molecule has 0 aromatic carbocycles. The van der Waals surface area contributed by atoms with Gasteiger partial charge in [-0.1, -0.05) is 0 Å². The maximum atomic E-state index is 13.4. The Hall–Kier alpha value is -3.60. The van der Waals surface area contributed by atoms with Gasteiger partial charge in [-0.15, -0.1) is 0 Å². The Bertz CT molecular complexity index is 1440. The molecule has 34 heavy (non-hydrogen) atoms. The fraction of sp³-hybridized carbons (Fsp3) is 0.435. The van der Waals surface area contributed by atoms with Gasteiger partial charge in [-0.3, -0.25) is 9.20 Å². The average molecular weight is 465 g/mol. The molecule has 1 aliphatic carbocycles. The fourth-order valence-electron chi connectivity index (χ4n) is 4.94. The molecular weight excluding hydrogens is 441 g/mol. The molecule has 176 valence electrons. The third kappa shape index (κ3) is 3.14. The summed E-state index contributed by atoms with van der Waals surface area (Å²) < 4.78 is 28.3. The Kier molecular flexibility index (Phi) is 4.44. The van der Waals surface area contributed by atoms with Gasteiger partial charge in [0.05, 0.1) is 30.2 Å². The monoisotopic (exact) mass is 465 g/mol. The molecule has 4 aromatic rings. The zero-order valence-electron chi connectivity index (χ0n) is 19.1. The van der Waals surface area contributed by atoms with Gasteiger partial charge in [-0.05, 0) is 39.2 Å². The Morgan fingerprint density at radius 3 is 2.82 bits per heavy atom. The number of fused-ring (bicyclic) bond motifs is 3. The number of anilines is 1. The fourth-order valence-corrected chi connectivity index (χ4v) is 4.94. The highest BCUT2D eigenvalue weighted by Crippen LogP contribution is 2.58. The van der Waals surface area contributed by atoms with Crippen LogP contribution in [0.5, 0.6) is 5.88 Å². The van der Waals surface area contributed by atoms with Crippen molar-refractivity contribution in [1.29, 1.82) is 0 Å². The second-order valence-corrected chi connectivity index (χ2v) is 9.61. The van der Waals surface area contributed by atoms with Crippen molar-refractivity contribution < 1.29 is 18.7 Å². The van der Waals surface area contributed by atoms with Gasteiger partial charge in [-0.2, -0.15) is 10.1 Å². The Morgan fingerprint density at radius 2 is 2.09 bits per heavy atom. The van der Waals surface area contributed by atoms with Crippen LogP contribution in [0.25, 0.3) is 11.4 Å². The molecule has 1 N–H and O–H groups in total. The lowest BCUT2D eigenvalue weighted by Gasteiger charge is -2.41. The Morgan fingerprint density at radius 1 is 1.26 bits per heavy atom. The molecule has 0 unspecified atom stereocenters. The van der Waals surface area contributed by atoms with Crippen molar-refractivity contribution in [3.63, 3.8) is 0 Å². The zero-order valence-corrected chi connectivity index (χ0v) is 19.1. The number of hydrogen-bond donors (Lipinski definition) is 1. The molecule has 2 aliphatic heterocycles. The number of alkyl halides is 1. The summed E-state index contributed by atoms with van der Waals surface area (Å²) in [6.45, 7) is 5.59. The second kappa shape index (κ2) is 7.20. The summed E-state index contributed by atoms with van der Waals surface area (Å²) in [4.78, 5) is 26.9. The lowest BCUT2D eigenvalue weighted by atomic mass is 9.61. The smallest absolute Gasteiger partial charge is 0.262 e. The van der Waals surface area contributed by atoms with E-state index in [4.69, 9.17) is 9.47 Å². The van der Waals surface area contributed by atoms with E-state index in [0.29, 0.717) is 36.6 Å². The zero-order chi connectivity index (χ0) is 23.7. The molecular formula is C23H24FN7O3. The number of amides is 1. The van der Waals surface area contributed by atoms with E-state index in [1.165, 1.54) is 0 Å². The Labute approximate surface area is 194 Å². The Balaban J connectivity index is 1.36. The van der Waals surface area contributed by atoms with Crippen LogP contribution in [-0.2, 0) is 10.2 Å². The van der Waals surface area contributed by atoms with Gasteiger partial charge in [-0.25, -0.2) is 18.9 Å². The minimum Gasteiger partial charge on any atom is -0.474 e. The minimum atomic E-state index is -0.666. The van der Waals surface area contributed by atoms with E-state index < -0.39 is 18.2 Å². The van der Waals surface area contributed by atoms with Crippen LogP contribution in [0.2, 0.25) is 0 Å². The molecule has 3 fully saturated rings. The number of carbonyl (C=O) groups is 1. The van der Waals surface area contributed by atoms with Gasteiger partial charge in [0.15, 0.2) is 5.65 Å². The van der Waals surface area contributed by atoms with Gasteiger partial charge < -0.3 is 14.8 Å². The van der Waals surface area contributed by atoms with E-state index in [2.05, 4.69) is 25.4 Å². The second-order valence-electron chi connectivity index (χ2n) is 9.61. The maximum absolute atomic E-state index is 13.4. The first-order chi connectivity index (χ1) is 16.3. The van der Waals surface area contributed by atoms with Crippen LogP contribution >= 0.6 is 0 Å². The third-order valence-electron chi connectivity index (χ3n) is 6.50. The van der Waals surface area contributed by atoms with Crippen LogP contribution in [0.1, 0.15) is 48.3 Å². The highest BCUT2D eigenvalue weighted by molar-refractivity contribution is 6.07. The molecule has 1 saturated carbocycles. The molecule has 2 bridgehead atoms. The molecule has 0 spiro atoms. The van der Waals surface area contributed by atoms with E-state index in [1.807, 2.05) is 33.2 Å². The third-order valence-corrected chi connectivity index (χ3v) is 6.50. The summed E-state index contributed by atoms with van der Waals surface area (Å²) in [7, 11) is 0. The summed E-state index contributed by atoms with van der Waals surface area (Å²) in [5.74, 6) is 0.193. The van der Waals surface area contributed by atoms with Gasteiger partial charge in [0.2, 0.25) is 11.7 Å². The largest absolute Gasteiger partial charge is 0.474 e. The molecule has 4 aromatic heterocycles. The number of nitrogens with one attached hydrogen (secondary N) is 1. The van der Waals surface area contributed by atoms with Crippen LogP contribution in [0.3, 0.4) is 0 Å². The number of nitrogens with zero attached hydrogens (tertiary/aromatic N) is 6. The number of halogens is 1. The van der Waals surface area contributed by atoms with E-state index in [0.717, 1.165) is 11.3 Å². The van der Waals surface area contributed by atoms with Crippen LogP contribution in [-0.4, -0.2) is 59.9 Å². The van der Waals surface area contributed by atoms with E-state index in [-0.39, 0.29) is 23.0 Å². The van der Waals surface area contributed by atoms with Crippen molar-refractivity contribution in [1.82, 2.24) is 29.0 Å². The first-order valence-corrected chi connectivity index (χ1v) is 11.2. The van der Waals surface area contributed by atoms with Gasteiger partial charge in [0.1, 0.15) is 17.9 Å². The van der Waals surface area contributed by atoms with Crippen molar-refractivity contribution in [2.75, 3.05) is 18.6 Å². The highest BCUT2D eigenvalue weighted by Gasteiger charge is 2.64. The van der Waals surface area contributed by atoms with Crippen LogP contribution < -0.4 is 10.1 Å². The highest BCUT2D eigenvalue weighted by atomic mass is 19.1. The average Bonchev–Trinajstić information content (AvgIpc) is 3.53. The SMILES string of the molecule is Cc1cnc2c(NC(=O)c3cn4cc(C56COC(CF)(C5)C6)nc4nc3OC(C)C)cnn2c1. The number of aromatic nitrogens is 6. The molecule has 3 aliphatic rings. The molecule has 1 amide bonds. The van der Waals surface area contributed by atoms with Gasteiger partial charge >= 0.3 is 0 Å². The van der Waals surface area contributed by atoms with Crippen molar-refractivity contribution in [3.8, 4) is 5.88 Å². The van der Waals surface area contributed by atoms with Crippen molar-refractivity contribution in [3.05, 3.63) is 47.8 Å². The number of carbonyl (C=O) groups excluding carboxylic acids is 1. The standard InChI is InChI=1S/C23H24FN7O3/c1-13(2)34-20-15(19(32)27-16-5-26-31-6-14(3)4-25-18(16)31)7-30-8-17(28-21(30)29-20)22-9-23(10-22,11-24)33-12-22/h4-8,13H,9-12H2,1-3H3,(H,27,32).